The van der Waals surface area contributed by atoms with E-state index in [2.05, 4.69) is 43.2 Å². The number of nitrogens with zero attached hydrogens (tertiary/aromatic N) is 2. The van der Waals surface area contributed by atoms with Gasteiger partial charge in [0.15, 0.2) is 0 Å². The van der Waals surface area contributed by atoms with Crippen molar-refractivity contribution < 1.29 is 0 Å². The summed E-state index contributed by atoms with van der Waals surface area (Å²) in [5.41, 5.74) is 0. The van der Waals surface area contributed by atoms with Crippen LogP contribution in [0, 0.1) is 5.92 Å². The molecule has 1 unspecified atom stereocenters. The van der Waals surface area contributed by atoms with Gasteiger partial charge in [-0.25, -0.2) is 0 Å². The molecule has 92 valence electrons. The molecule has 0 spiro atoms. The highest BCUT2D eigenvalue weighted by molar-refractivity contribution is 7.11. The maximum atomic E-state index is 4.25. The predicted molar refractivity (Wildman–Crippen MR) is 69.8 cm³/mol. The minimum absolute atomic E-state index is 0.338. The minimum atomic E-state index is 0.338. The summed E-state index contributed by atoms with van der Waals surface area (Å²) in [4.78, 5) is 0. The summed E-state index contributed by atoms with van der Waals surface area (Å²) in [5.74, 6) is 0.739. The topological polar surface area (TPSA) is 37.8 Å². The van der Waals surface area contributed by atoms with Crippen LogP contribution in [-0.2, 0) is 6.42 Å². The SMILES string of the molecule is CCCNC(C)c1nnc(CCC(C)C)s1. The quantitative estimate of drug-likeness (QED) is 0.796. The molecule has 16 heavy (non-hydrogen) atoms. The first kappa shape index (κ1) is 13.6. The van der Waals surface area contributed by atoms with E-state index >= 15 is 0 Å². The van der Waals surface area contributed by atoms with Gasteiger partial charge in [-0.1, -0.05) is 32.1 Å². The van der Waals surface area contributed by atoms with Crippen molar-refractivity contribution in [2.24, 2.45) is 5.92 Å². The number of aromatic nitrogens is 2. The first-order valence-corrected chi connectivity index (χ1v) is 7.00. The monoisotopic (exact) mass is 241 g/mol. The third-order valence-corrected chi connectivity index (χ3v) is 3.65. The van der Waals surface area contributed by atoms with Gasteiger partial charge in [0, 0.05) is 6.42 Å². The van der Waals surface area contributed by atoms with Crippen molar-refractivity contribution in [3.8, 4) is 0 Å². The van der Waals surface area contributed by atoms with Crippen molar-refractivity contribution in [1.29, 1.82) is 0 Å². The lowest BCUT2D eigenvalue weighted by Gasteiger charge is -2.08. The molecule has 0 aliphatic carbocycles. The molecule has 4 heteroatoms. The van der Waals surface area contributed by atoms with Crippen molar-refractivity contribution in [3.05, 3.63) is 10.0 Å². The Morgan fingerprint density at radius 2 is 2.00 bits per heavy atom. The average Bonchev–Trinajstić information content (AvgIpc) is 2.71. The summed E-state index contributed by atoms with van der Waals surface area (Å²) in [6.07, 6.45) is 3.42. The van der Waals surface area contributed by atoms with Crippen molar-refractivity contribution in [2.75, 3.05) is 6.54 Å². The number of nitrogens with one attached hydrogen (secondary N) is 1. The molecule has 0 amide bonds. The lowest BCUT2D eigenvalue weighted by Crippen LogP contribution is -2.18. The van der Waals surface area contributed by atoms with Gasteiger partial charge in [-0.05, 0) is 32.2 Å². The van der Waals surface area contributed by atoms with E-state index in [0.29, 0.717) is 6.04 Å². The highest BCUT2D eigenvalue weighted by Crippen LogP contribution is 2.19. The molecule has 0 bridgehead atoms. The molecule has 1 rings (SSSR count). The van der Waals surface area contributed by atoms with Gasteiger partial charge < -0.3 is 5.32 Å². The Balaban J connectivity index is 2.43. The summed E-state index contributed by atoms with van der Waals surface area (Å²) in [6, 6.07) is 0.338. The second-order valence-electron chi connectivity index (χ2n) is 4.64. The Morgan fingerprint density at radius 1 is 1.25 bits per heavy atom. The van der Waals surface area contributed by atoms with Crippen molar-refractivity contribution in [3.63, 3.8) is 0 Å². The largest absolute Gasteiger partial charge is 0.308 e. The standard InChI is InChI=1S/C12H23N3S/c1-5-8-13-10(4)12-15-14-11(16-12)7-6-9(2)3/h9-10,13H,5-8H2,1-4H3. The summed E-state index contributed by atoms with van der Waals surface area (Å²) >= 11 is 1.75. The molecule has 1 N–H and O–H groups in total. The summed E-state index contributed by atoms with van der Waals surface area (Å²) in [6.45, 7) is 9.86. The van der Waals surface area contributed by atoms with Crippen LogP contribution in [0.3, 0.4) is 0 Å². The lowest BCUT2D eigenvalue weighted by atomic mass is 10.1. The second kappa shape index (κ2) is 6.97. The van der Waals surface area contributed by atoms with E-state index in [-0.39, 0.29) is 0 Å². The van der Waals surface area contributed by atoms with Crippen LogP contribution in [0.15, 0.2) is 0 Å². The maximum Gasteiger partial charge on any atom is 0.134 e. The summed E-state index contributed by atoms with van der Waals surface area (Å²) < 4.78 is 0. The zero-order valence-corrected chi connectivity index (χ0v) is 11.6. The van der Waals surface area contributed by atoms with Gasteiger partial charge in [0.05, 0.1) is 6.04 Å². The third kappa shape index (κ3) is 4.58. The van der Waals surface area contributed by atoms with E-state index in [1.165, 1.54) is 11.4 Å². The van der Waals surface area contributed by atoms with Crippen LogP contribution >= 0.6 is 11.3 Å². The van der Waals surface area contributed by atoms with Crippen LogP contribution in [0.25, 0.3) is 0 Å². The van der Waals surface area contributed by atoms with E-state index in [1.54, 1.807) is 11.3 Å². The van der Waals surface area contributed by atoms with Crippen LogP contribution in [-0.4, -0.2) is 16.7 Å². The van der Waals surface area contributed by atoms with Crippen LogP contribution in [0.1, 0.15) is 56.6 Å². The van der Waals surface area contributed by atoms with Gasteiger partial charge in [-0.15, -0.1) is 10.2 Å². The summed E-state index contributed by atoms with van der Waals surface area (Å²) in [7, 11) is 0. The number of aryl methyl sites for hydroxylation is 1. The van der Waals surface area contributed by atoms with Gasteiger partial charge >= 0.3 is 0 Å². The Kier molecular flexibility index (Phi) is 5.91. The van der Waals surface area contributed by atoms with Crippen molar-refractivity contribution >= 4 is 11.3 Å². The lowest BCUT2D eigenvalue weighted by molar-refractivity contribution is 0.562. The third-order valence-electron chi connectivity index (χ3n) is 2.49. The van der Waals surface area contributed by atoms with E-state index in [0.717, 1.165) is 30.3 Å². The zero-order chi connectivity index (χ0) is 12.0. The molecule has 0 saturated carbocycles. The van der Waals surface area contributed by atoms with Crippen LogP contribution in [0.2, 0.25) is 0 Å². The first-order chi connectivity index (χ1) is 7.63. The Labute approximate surface area is 103 Å². The van der Waals surface area contributed by atoms with Crippen LogP contribution in [0.4, 0.5) is 0 Å². The maximum absolute atomic E-state index is 4.25. The smallest absolute Gasteiger partial charge is 0.134 e. The molecular weight excluding hydrogens is 218 g/mol. The van der Waals surface area contributed by atoms with E-state index in [9.17, 15) is 0 Å². The fraction of sp³-hybridized carbons (Fsp3) is 0.833. The normalized spacial score (nSPS) is 13.3. The first-order valence-electron chi connectivity index (χ1n) is 6.19. The molecule has 1 atom stereocenters. The second-order valence-corrected chi connectivity index (χ2v) is 5.74. The fourth-order valence-corrected chi connectivity index (χ4v) is 2.29. The molecule has 0 aromatic carbocycles. The highest BCUT2D eigenvalue weighted by atomic mass is 32.1. The van der Waals surface area contributed by atoms with Gasteiger partial charge in [-0.3, -0.25) is 0 Å². The molecule has 0 aliphatic heterocycles. The Hall–Kier alpha value is -0.480. The molecule has 0 aliphatic rings. The molecule has 3 nitrogen and oxygen atoms in total. The van der Waals surface area contributed by atoms with Gasteiger partial charge in [0.1, 0.15) is 10.0 Å². The average molecular weight is 241 g/mol. The van der Waals surface area contributed by atoms with E-state index < -0.39 is 0 Å². The molecule has 0 saturated heterocycles. The highest BCUT2D eigenvalue weighted by Gasteiger charge is 2.11. The van der Waals surface area contributed by atoms with Gasteiger partial charge in [-0.2, -0.15) is 0 Å². The minimum Gasteiger partial charge on any atom is -0.308 e. The molecule has 1 aromatic rings. The van der Waals surface area contributed by atoms with Crippen LogP contribution in [0.5, 0.6) is 0 Å². The molecule has 0 radical (unpaired) electrons. The van der Waals surface area contributed by atoms with Gasteiger partial charge in [0.25, 0.3) is 0 Å². The predicted octanol–water partition coefficient (Wildman–Crippen LogP) is 3.19. The molecular formula is C12H23N3S. The van der Waals surface area contributed by atoms with Crippen molar-refractivity contribution in [2.45, 2.75) is 53.0 Å². The summed E-state index contributed by atoms with van der Waals surface area (Å²) in [5, 5.41) is 14.2. The fourth-order valence-electron chi connectivity index (χ4n) is 1.40. The van der Waals surface area contributed by atoms with E-state index in [1.807, 2.05) is 0 Å². The number of hydrogen-bond acceptors (Lipinski definition) is 4. The van der Waals surface area contributed by atoms with Crippen LogP contribution < -0.4 is 5.32 Å². The van der Waals surface area contributed by atoms with Gasteiger partial charge in [0.2, 0.25) is 0 Å². The molecule has 0 fully saturated rings. The molecule has 1 heterocycles. The Bertz CT molecular complexity index is 296. The Morgan fingerprint density at radius 3 is 2.62 bits per heavy atom. The number of hydrogen-bond donors (Lipinski definition) is 1. The molecule has 1 aromatic heterocycles. The van der Waals surface area contributed by atoms with Crippen molar-refractivity contribution in [1.82, 2.24) is 15.5 Å². The van der Waals surface area contributed by atoms with E-state index in [4.69, 9.17) is 0 Å². The number of rotatable bonds is 7. The zero-order valence-electron chi connectivity index (χ0n) is 10.8.